The van der Waals surface area contributed by atoms with Gasteiger partial charge in [0.15, 0.2) is 0 Å². The van der Waals surface area contributed by atoms with E-state index >= 15 is 0 Å². The summed E-state index contributed by atoms with van der Waals surface area (Å²) in [4.78, 5) is 0. The minimum atomic E-state index is 1.01. The lowest BCUT2D eigenvalue weighted by Crippen LogP contribution is -2.09. The topological polar surface area (TPSA) is 8.82 Å². The predicted molar refractivity (Wildman–Crippen MR) is 170 cm³/mol. The zero-order valence-electron chi connectivity index (χ0n) is 21.8. The molecule has 40 heavy (non-hydrogen) atoms. The minimum Gasteiger partial charge on any atom is -0.307 e. The molecule has 2 nitrogen and oxygen atoms in total. The van der Waals surface area contributed by atoms with Crippen molar-refractivity contribution in [3.8, 4) is 22.3 Å². The lowest BCUT2D eigenvalue weighted by molar-refractivity contribution is 1.23. The average molecular weight is 509 g/mol. The molecule has 0 fully saturated rings. The standard InChI is InChI=1S/C38H24N2/c1-24-29-14-8-9-15-34(29)40-36-21-17-28(26-12-6-3-7-13-26)23-33(36)31-19-18-30-32-22-27(25-10-4-2-5-11-25)16-20-35(32)39(24)37(30)38(31)40/h2-23H,1H2. The molecule has 0 saturated heterocycles. The molecule has 0 aliphatic carbocycles. The number of fused-ring (bicyclic) bond motifs is 8. The van der Waals surface area contributed by atoms with Crippen LogP contribution in [-0.4, -0.2) is 8.80 Å². The maximum atomic E-state index is 4.68. The van der Waals surface area contributed by atoms with Crippen LogP contribution in [0, 0.1) is 0 Å². The van der Waals surface area contributed by atoms with E-state index in [1.165, 1.54) is 71.4 Å². The van der Waals surface area contributed by atoms with Gasteiger partial charge in [-0.15, -0.1) is 0 Å². The first-order chi connectivity index (χ1) is 19.8. The zero-order valence-corrected chi connectivity index (χ0v) is 21.8. The van der Waals surface area contributed by atoms with Crippen LogP contribution in [0.5, 0.6) is 0 Å². The lowest BCUT2D eigenvalue weighted by atomic mass is 10.0. The highest BCUT2D eigenvalue weighted by Gasteiger charge is 2.20. The highest BCUT2D eigenvalue weighted by molar-refractivity contribution is 6.24. The molecule has 2 heteroatoms. The molecule has 0 radical (unpaired) electrons. The molecule has 0 N–H and O–H groups in total. The number of nitrogens with zero attached hydrogens (tertiary/aromatic N) is 2. The van der Waals surface area contributed by atoms with E-state index in [2.05, 4.69) is 149 Å². The Bertz CT molecular complexity index is 2480. The molecular weight excluding hydrogens is 484 g/mol. The lowest BCUT2D eigenvalue weighted by Gasteiger charge is -2.04. The van der Waals surface area contributed by atoms with Crippen LogP contribution in [0.2, 0.25) is 0 Å². The van der Waals surface area contributed by atoms with Crippen molar-refractivity contribution in [2.75, 3.05) is 0 Å². The Balaban J connectivity index is 1.52. The summed E-state index contributed by atoms with van der Waals surface area (Å²) in [5.74, 6) is 0. The zero-order chi connectivity index (χ0) is 26.4. The molecule has 0 spiro atoms. The van der Waals surface area contributed by atoms with Crippen LogP contribution >= 0.6 is 0 Å². The van der Waals surface area contributed by atoms with E-state index in [-0.39, 0.29) is 0 Å². The van der Waals surface area contributed by atoms with Crippen LogP contribution in [0.4, 0.5) is 0 Å². The summed E-state index contributed by atoms with van der Waals surface area (Å²) in [5.41, 5.74) is 10.9. The van der Waals surface area contributed by atoms with Crippen molar-refractivity contribution in [2.24, 2.45) is 0 Å². The number of benzene rings is 6. The molecule has 0 unspecified atom stereocenters. The molecular formula is C38H24N2. The first-order valence-corrected chi connectivity index (χ1v) is 13.7. The Hall–Kier alpha value is -5.34. The van der Waals surface area contributed by atoms with E-state index in [0.29, 0.717) is 0 Å². The largest absolute Gasteiger partial charge is 0.307 e. The minimum absolute atomic E-state index is 1.01. The predicted octanol–water partition coefficient (Wildman–Crippen LogP) is 9.27. The summed E-state index contributed by atoms with van der Waals surface area (Å²) < 4.78 is 4.85. The molecule has 9 aromatic rings. The van der Waals surface area contributed by atoms with E-state index in [4.69, 9.17) is 0 Å². The van der Waals surface area contributed by atoms with Gasteiger partial charge < -0.3 is 8.80 Å². The highest BCUT2D eigenvalue weighted by atomic mass is 15.0. The second kappa shape index (κ2) is 7.84. The number of aromatic nitrogens is 2. The van der Waals surface area contributed by atoms with Gasteiger partial charge in [0.25, 0.3) is 0 Å². The van der Waals surface area contributed by atoms with Gasteiger partial charge in [0.05, 0.1) is 27.6 Å². The van der Waals surface area contributed by atoms with Gasteiger partial charge in [-0.3, -0.25) is 0 Å². The fourth-order valence-corrected chi connectivity index (χ4v) is 6.79. The summed E-state index contributed by atoms with van der Waals surface area (Å²) in [7, 11) is 0. The summed E-state index contributed by atoms with van der Waals surface area (Å²) in [6, 6.07) is 48.3. The summed E-state index contributed by atoms with van der Waals surface area (Å²) in [5, 5.41) is 7.19. The average Bonchev–Trinajstić information content (AvgIpc) is 3.50. The van der Waals surface area contributed by atoms with E-state index in [9.17, 15) is 0 Å². The van der Waals surface area contributed by atoms with Crippen molar-refractivity contribution in [3.05, 3.63) is 139 Å². The van der Waals surface area contributed by atoms with Crippen molar-refractivity contribution in [1.29, 1.82) is 0 Å². The van der Waals surface area contributed by atoms with Gasteiger partial charge in [-0.25, -0.2) is 0 Å². The Morgan fingerprint density at radius 2 is 0.825 bits per heavy atom. The summed E-state index contributed by atoms with van der Waals surface area (Å²) in [6.45, 7) is 4.68. The second-order valence-corrected chi connectivity index (χ2v) is 10.7. The highest BCUT2D eigenvalue weighted by Crippen LogP contribution is 2.41. The van der Waals surface area contributed by atoms with Crippen molar-refractivity contribution < 1.29 is 0 Å². The molecule has 6 aromatic carbocycles. The first kappa shape index (κ1) is 21.6. The second-order valence-electron chi connectivity index (χ2n) is 10.7. The molecule has 0 atom stereocenters. The molecule has 9 rings (SSSR count). The van der Waals surface area contributed by atoms with Crippen LogP contribution in [0.1, 0.15) is 0 Å². The van der Waals surface area contributed by atoms with Crippen LogP contribution in [0.25, 0.3) is 83.3 Å². The summed E-state index contributed by atoms with van der Waals surface area (Å²) >= 11 is 0. The van der Waals surface area contributed by atoms with Gasteiger partial charge in [0.2, 0.25) is 0 Å². The van der Waals surface area contributed by atoms with Crippen molar-refractivity contribution in [3.63, 3.8) is 0 Å². The van der Waals surface area contributed by atoms with E-state index in [0.717, 1.165) is 10.7 Å². The number of rotatable bonds is 2. The van der Waals surface area contributed by atoms with E-state index in [1.807, 2.05) is 0 Å². The van der Waals surface area contributed by atoms with E-state index in [1.54, 1.807) is 0 Å². The molecule has 0 aliphatic rings. The maximum absolute atomic E-state index is 4.68. The normalized spacial score (nSPS) is 12.1. The van der Waals surface area contributed by atoms with Crippen LogP contribution in [0.15, 0.2) is 133 Å². The quantitative estimate of drug-likeness (QED) is 0.220. The fraction of sp³-hybridized carbons (Fsp3) is 0. The summed E-state index contributed by atoms with van der Waals surface area (Å²) in [6.07, 6.45) is 0. The molecule has 186 valence electrons. The van der Waals surface area contributed by atoms with Gasteiger partial charge in [-0.05, 0) is 52.6 Å². The smallest absolute Gasteiger partial charge is 0.0789 e. The van der Waals surface area contributed by atoms with Crippen LogP contribution in [-0.2, 0) is 0 Å². The molecule has 0 aliphatic heterocycles. The molecule has 0 amide bonds. The van der Waals surface area contributed by atoms with Crippen molar-refractivity contribution in [2.45, 2.75) is 0 Å². The van der Waals surface area contributed by atoms with E-state index < -0.39 is 0 Å². The Labute approximate surface area is 230 Å². The number of para-hydroxylation sites is 1. The van der Waals surface area contributed by atoms with Gasteiger partial charge in [0, 0.05) is 32.3 Å². The maximum Gasteiger partial charge on any atom is 0.0789 e. The number of hydrogen-bond acceptors (Lipinski definition) is 0. The van der Waals surface area contributed by atoms with Gasteiger partial charge in [0.1, 0.15) is 0 Å². The monoisotopic (exact) mass is 508 g/mol. The molecule has 3 aromatic heterocycles. The fourth-order valence-electron chi connectivity index (χ4n) is 6.79. The van der Waals surface area contributed by atoms with Crippen molar-refractivity contribution in [1.82, 2.24) is 8.80 Å². The third kappa shape index (κ3) is 2.77. The van der Waals surface area contributed by atoms with Crippen LogP contribution < -0.4 is 5.35 Å². The van der Waals surface area contributed by atoms with Gasteiger partial charge in [-0.1, -0.05) is 110 Å². The number of hydrogen-bond donors (Lipinski definition) is 0. The molecule has 0 saturated carbocycles. The Morgan fingerprint density at radius 1 is 0.350 bits per heavy atom. The van der Waals surface area contributed by atoms with Crippen LogP contribution in [0.3, 0.4) is 0 Å². The van der Waals surface area contributed by atoms with Gasteiger partial charge in [-0.2, -0.15) is 0 Å². The Morgan fingerprint density at radius 3 is 1.43 bits per heavy atom. The first-order valence-electron chi connectivity index (χ1n) is 13.7. The molecule has 0 bridgehead atoms. The van der Waals surface area contributed by atoms with Crippen molar-refractivity contribution >= 4 is 61.1 Å². The third-order valence-electron chi connectivity index (χ3n) is 8.59. The Kier molecular flexibility index (Phi) is 4.23. The third-order valence-corrected chi connectivity index (χ3v) is 8.59. The molecule has 3 heterocycles. The van der Waals surface area contributed by atoms with Gasteiger partial charge >= 0.3 is 0 Å². The SMILES string of the molecule is C=c1c2ccccc2n2c3ccc(-c4ccccc4)cc3c3ccc4c5cc(-c6ccccc6)ccc5n1c4c32.